The molecule has 0 aliphatic heterocycles. The molecule has 1 heterocycles. The minimum absolute atomic E-state index is 0.134. The minimum atomic E-state index is 0.134. The Morgan fingerprint density at radius 2 is 2.09 bits per heavy atom. The second-order valence-electron chi connectivity index (χ2n) is 3.06. The van der Waals surface area contributed by atoms with E-state index in [9.17, 15) is 0 Å². The van der Waals surface area contributed by atoms with Gasteiger partial charge in [0.2, 0.25) is 5.88 Å². The highest BCUT2D eigenvalue weighted by molar-refractivity contribution is 5.28. The molecule has 11 heavy (non-hydrogen) atoms. The summed E-state index contributed by atoms with van der Waals surface area (Å²) >= 11 is 0. The largest absolute Gasteiger partial charge is 0.493 e. The average Bonchev–Trinajstić information content (AvgIpc) is 1.94. The van der Waals surface area contributed by atoms with E-state index in [2.05, 4.69) is 18.8 Å². The van der Waals surface area contributed by atoms with Gasteiger partial charge >= 0.3 is 0 Å². The fraction of sp³-hybridized carbons (Fsp3) is 0.444. The van der Waals surface area contributed by atoms with Gasteiger partial charge in [0.25, 0.3) is 0 Å². The molecule has 0 amide bonds. The van der Waals surface area contributed by atoms with Crippen LogP contribution in [-0.4, -0.2) is 10.1 Å². The molecule has 1 aromatic heterocycles. The van der Waals surface area contributed by atoms with Crippen molar-refractivity contribution in [3.05, 3.63) is 23.4 Å². The van der Waals surface area contributed by atoms with E-state index in [0.717, 1.165) is 5.56 Å². The summed E-state index contributed by atoms with van der Waals surface area (Å²) in [6.07, 6.45) is 1.72. The lowest BCUT2D eigenvalue weighted by Crippen LogP contribution is -1.90. The third kappa shape index (κ3) is 1.70. The van der Waals surface area contributed by atoms with Crippen LogP contribution in [0.4, 0.5) is 0 Å². The third-order valence-electron chi connectivity index (χ3n) is 1.74. The van der Waals surface area contributed by atoms with E-state index in [4.69, 9.17) is 5.11 Å². The Bertz CT molecular complexity index is 256. The first-order valence-electron chi connectivity index (χ1n) is 3.76. The summed E-state index contributed by atoms with van der Waals surface area (Å²) in [6, 6.07) is 1.97. The Hall–Kier alpha value is -1.05. The van der Waals surface area contributed by atoms with Crippen molar-refractivity contribution in [3.8, 4) is 5.88 Å². The lowest BCUT2D eigenvalue weighted by atomic mass is 10.0. The van der Waals surface area contributed by atoms with Crippen LogP contribution in [0, 0.1) is 6.92 Å². The molecule has 0 aliphatic rings. The standard InChI is InChI=1S/C9H13NO/c1-6(2)8-4-7(3)9(11)10-5-8/h4-6H,1-3H3,(H,10,11). The van der Waals surface area contributed by atoms with E-state index in [1.807, 2.05) is 13.0 Å². The maximum absolute atomic E-state index is 9.11. The lowest BCUT2D eigenvalue weighted by Gasteiger charge is -2.05. The molecule has 0 unspecified atom stereocenters. The van der Waals surface area contributed by atoms with Gasteiger partial charge in [-0.1, -0.05) is 13.8 Å². The van der Waals surface area contributed by atoms with E-state index in [0.29, 0.717) is 5.92 Å². The Balaban J connectivity index is 3.05. The summed E-state index contributed by atoms with van der Waals surface area (Å²) in [6.45, 7) is 6.06. The lowest BCUT2D eigenvalue weighted by molar-refractivity contribution is 0.448. The van der Waals surface area contributed by atoms with Gasteiger partial charge in [0.05, 0.1) is 0 Å². The highest BCUT2D eigenvalue weighted by Gasteiger charge is 2.02. The summed E-state index contributed by atoms with van der Waals surface area (Å²) in [7, 11) is 0. The molecule has 2 nitrogen and oxygen atoms in total. The zero-order chi connectivity index (χ0) is 8.43. The predicted octanol–water partition coefficient (Wildman–Crippen LogP) is 2.22. The van der Waals surface area contributed by atoms with Crippen molar-refractivity contribution < 1.29 is 5.11 Å². The molecule has 2 heteroatoms. The Kier molecular flexibility index (Phi) is 2.13. The monoisotopic (exact) mass is 151 g/mol. The first-order valence-corrected chi connectivity index (χ1v) is 3.76. The van der Waals surface area contributed by atoms with Crippen molar-refractivity contribution in [1.29, 1.82) is 0 Å². The van der Waals surface area contributed by atoms with E-state index in [1.165, 1.54) is 5.56 Å². The van der Waals surface area contributed by atoms with Crippen LogP contribution in [0.3, 0.4) is 0 Å². The summed E-state index contributed by atoms with van der Waals surface area (Å²) in [4.78, 5) is 3.86. The van der Waals surface area contributed by atoms with Gasteiger partial charge in [-0.25, -0.2) is 4.98 Å². The van der Waals surface area contributed by atoms with Crippen LogP contribution in [0.15, 0.2) is 12.3 Å². The van der Waals surface area contributed by atoms with Crippen LogP contribution in [0.5, 0.6) is 5.88 Å². The summed E-state index contributed by atoms with van der Waals surface area (Å²) < 4.78 is 0. The number of rotatable bonds is 1. The van der Waals surface area contributed by atoms with Gasteiger partial charge in [0, 0.05) is 11.8 Å². The number of aromatic nitrogens is 1. The van der Waals surface area contributed by atoms with Gasteiger partial charge in [-0.05, 0) is 24.5 Å². The molecule has 1 rings (SSSR count). The van der Waals surface area contributed by atoms with Crippen molar-refractivity contribution >= 4 is 0 Å². The SMILES string of the molecule is Cc1cc(C(C)C)cnc1O. The topological polar surface area (TPSA) is 33.1 Å². The minimum Gasteiger partial charge on any atom is -0.493 e. The summed E-state index contributed by atoms with van der Waals surface area (Å²) in [5, 5.41) is 9.11. The molecule has 0 fully saturated rings. The molecule has 1 aromatic rings. The quantitative estimate of drug-likeness (QED) is 0.667. The number of aryl methyl sites for hydroxylation is 1. The van der Waals surface area contributed by atoms with Crippen LogP contribution in [-0.2, 0) is 0 Å². The first-order chi connectivity index (χ1) is 5.11. The molecule has 0 radical (unpaired) electrons. The molecule has 60 valence electrons. The van der Waals surface area contributed by atoms with Crippen LogP contribution >= 0.6 is 0 Å². The maximum atomic E-state index is 9.11. The van der Waals surface area contributed by atoms with E-state index >= 15 is 0 Å². The summed E-state index contributed by atoms with van der Waals surface area (Å²) in [5.74, 6) is 0.608. The number of aromatic hydroxyl groups is 1. The van der Waals surface area contributed by atoms with Crippen LogP contribution in [0.25, 0.3) is 0 Å². The smallest absolute Gasteiger partial charge is 0.213 e. The van der Waals surface area contributed by atoms with E-state index < -0.39 is 0 Å². The second-order valence-corrected chi connectivity index (χ2v) is 3.06. The van der Waals surface area contributed by atoms with Gasteiger partial charge in [-0.3, -0.25) is 0 Å². The molecular weight excluding hydrogens is 138 g/mol. The molecule has 0 saturated carbocycles. The Morgan fingerprint density at radius 3 is 2.55 bits per heavy atom. The fourth-order valence-electron chi connectivity index (χ4n) is 0.905. The number of pyridine rings is 1. The molecular formula is C9H13NO. The molecule has 0 saturated heterocycles. The van der Waals surface area contributed by atoms with Gasteiger partial charge in [0.15, 0.2) is 0 Å². The zero-order valence-corrected chi connectivity index (χ0v) is 7.13. The van der Waals surface area contributed by atoms with Crippen molar-refractivity contribution in [2.24, 2.45) is 0 Å². The normalized spacial score (nSPS) is 10.5. The number of hydrogen-bond donors (Lipinski definition) is 1. The zero-order valence-electron chi connectivity index (χ0n) is 7.13. The molecule has 0 atom stereocenters. The Morgan fingerprint density at radius 1 is 1.45 bits per heavy atom. The molecule has 0 bridgehead atoms. The van der Waals surface area contributed by atoms with Gasteiger partial charge in [-0.15, -0.1) is 0 Å². The molecule has 0 spiro atoms. The predicted molar refractivity (Wildman–Crippen MR) is 44.7 cm³/mol. The van der Waals surface area contributed by atoms with Crippen LogP contribution < -0.4 is 0 Å². The third-order valence-corrected chi connectivity index (χ3v) is 1.74. The second kappa shape index (κ2) is 2.91. The number of nitrogens with zero attached hydrogens (tertiary/aromatic N) is 1. The van der Waals surface area contributed by atoms with Crippen LogP contribution in [0.2, 0.25) is 0 Å². The average molecular weight is 151 g/mol. The maximum Gasteiger partial charge on any atom is 0.213 e. The number of hydrogen-bond acceptors (Lipinski definition) is 2. The summed E-state index contributed by atoms with van der Waals surface area (Å²) in [5.41, 5.74) is 2.01. The van der Waals surface area contributed by atoms with Crippen LogP contribution in [0.1, 0.15) is 30.9 Å². The molecule has 0 aromatic carbocycles. The van der Waals surface area contributed by atoms with E-state index in [1.54, 1.807) is 6.20 Å². The van der Waals surface area contributed by atoms with Gasteiger partial charge < -0.3 is 5.11 Å². The van der Waals surface area contributed by atoms with Crippen molar-refractivity contribution in [3.63, 3.8) is 0 Å². The van der Waals surface area contributed by atoms with Crippen molar-refractivity contribution in [2.45, 2.75) is 26.7 Å². The fourth-order valence-corrected chi connectivity index (χ4v) is 0.905. The molecule has 1 N–H and O–H groups in total. The van der Waals surface area contributed by atoms with Gasteiger partial charge in [-0.2, -0.15) is 0 Å². The van der Waals surface area contributed by atoms with Crippen molar-refractivity contribution in [1.82, 2.24) is 4.98 Å². The van der Waals surface area contributed by atoms with Gasteiger partial charge in [0.1, 0.15) is 0 Å². The first kappa shape index (κ1) is 8.05. The molecule has 0 aliphatic carbocycles. The highest BCUT2D eigenvalue weighted by Crippen LogP contribution is 2.18. The van der Waals surface area contributed by atoms with Crippen molar-refractivity contribution in [2.75, 3.05) is 0 Å². The Labute approximate surface area is 66.9 Å². The van der Waals surface area contributed by atoms with E-state index in [-0.39, 0.29) is 5.88 Å². The highest BCUT2D eigenvalue weighted by atomic mass is 16.3.